The van der Waals surface area contributed by atoms with Crippen molar-refractivity contribution in [1.29, 1.82) is 0 Å². The number of carbonyl (C=O) groups excluding carboxylic acids is 2. The van der Waals surface area contributed by atoms with E-state index in [4.69, 9.17) is 0 Å². The highest BCUT2D eigenvalue weighted by Crippen LogP contribution is 2.21. The monoisotopic (exact) mass is 309 g/mol. The average Bonchev–Trinajstić information content (AvgIpc) is 3.03. The van der Waals surface area contributed by atoms with E-state index in [9.17, 15) is 9.59 Å². The Morgan fingerprint density at radius 2 is 1.61 bits per heavy atom. The summed E-state index contributed by atoms with van der Waals surface area (Å²) in [5.74, 6) is -0.211. The van der Waals surface area contributed by atoms with Crippen LogP contribution in [0.5, 0.6) is 0 Å². The number of amides is 3. The first-order valence-electron chi connectivity index (χ1n) is 7.67. The van der Waals surface area contributed by atoms with Crippen molar-refractivity contribution < 1.29 is 9.59 Å². The van der Waals surface area contributed by atoms with Gasteiger partial charge in [-0.25, -0.2) is 4.79 Å². The Hall–Kier alpha value is -2.66. The van der Waals surface area contributed by atoms with Gasteiger partial charge in [0.2, 0.25) is 5.91 Å². The minimum atomic E-state index is -0.312. The van der Waals surface area contributed by atoms with Gasteiger partial charge in [-0.15, -0.1) is 0 Å². The molecule has 0 spiro atoms. The van der Waals surface area contributed by atoms with Gasteiger partial charge in [0, 0.05) is 13.1 Å². The third-order valence-electron chi connectivity index (χ3n) is 3.88. The lowest BCUT2D eigenvalue weighted by Gasteiger charge is -2.21. The summed E-state index contributed by atoms with van der Waals surface area (Å²) < 4.78 is 0. The lowest BCUT2D eigenvalue weighted by Crippen LogP contribution is -2.41. The molecule has 0 unspecified atom stereocenters. The van der Waals surface area contributed by atoms with Crippen molar-refractivity contribution in [2.24, 2.45) is 0 Å². The quantitative estimate of drug-likeness (QED) is 0.887. The molecule has 118 valence electrons. The highest BCUT2D eigenvalue weighted by molar-refractivity contribution is 5.96. The maximum atomic E-state index is 12.2. The molecule has 1 fully saturated rings. The summed E-state index contributed by atoms with van der Waals surface area (Å²) in [7, 11) is 0. The molecule has 0 bridgehead atoms. The van der Waals surface area contributed by atoms with E-state index < -0.39 is 0 Å². The normalized spacial score (nSPS) is 14.1. The van der Waals surface area contributed by atoms with Gasteiger partial charge in [-0.1, -0.05) is 60.7 Å². The van der Waals surface area contributed by atoms with Gasteiger partial charge in [0.15, 0.2) is 0 Å². The predicted octanol–water partition coefficient (Wildman–Crippen LogP) is 1.92. The van der Waals surface area contributed by atoms with E-state index in [1.165, 1.54) is 4.90 Å². The maximum absolute atomic E-state index is 12.2. The zero-order valence-corrected chi connectivity index (χ0v) is 12.7. The molecule has 0 radical (unpaired) electrons. The molecule has 2 aromatic rings. The van der Waals surface area contributed by atoms with E-state index in [-0.39, 0.29) is 24.5 Å². The molecule has 3 amide bonds. The van der Waals surface area contributed by atoms with Crippen molar-refractivity contribution in [3.8, 4) is 0 Å². The van der Waals surface area contributed by atoms with Crippen LogP contribution in [0.25, 0.3) is 0 Å². The number of imide groups is 1. The fraction of sp³-hybridized carbons (Fsp3) is 0.222. The van der Waals surface area contributed by atoms with Crippen LogP contribution in [0.2, 0.25) is 0 Å². The molecule has 3 rings (SSSR count). The fourth-order valence-electron chi connectivity index (χ4n) is 2.71. The number of rotatable bonds is 5. The van der Waals surface area contributed by atoms with Gasteiger partial charge in [0.05, 0.1) is 12.6 Å². The predicted molar refractivity (Wildman–Crippen MR) is 87.8 cm³/mol. The summed E-state index contributed by atoms with van der Waals surface area (Å²) in [5, 5.41) is 5.92. The van der Waals surface area contributed by atoms with E-state index in [1.54, 1.807) is 0 Å². The molecule has 0 saturated carbocycles. The summed E-state index contributed by atoms with van der Waals surface area (Å²) in [6.45, 7) is 1.06. The Morgan fingerprint density at radius 1 is 1.04 bits per heavy atom. The second-order valence-corrected chi connectivity index (χ2v) is 5.41. The first-order chi connectivity index (χ1) is 11.3. The molecular formula is C18H19N3O2. The van der Waals surface area contributed by atoms with Gasteiger partial charge >= 0.3 is 6.03 Å². The first kappa shape index (κ1) is 15.2. The Kier molecular flexibility index (Phi) is 4.68. The summed E-state index contributed by atoms with van der Waals surface area (Å²) in [5.41, 5.74) is 2.16. The van der Waals surface area contributed by atoms with Crippen LogP contribution >= 0.6 is 0 Å². The van der Waals surface area contributed by atoms with Crippen molar-refractivity contribution in [1.82, 2.24) is 15.5 Å². The summed E-state index contributed by atoms with van der Waals surface area (Å²) >= 11 is 0. The van der Waals surface area contributed by atoms with Gasteiger partial charge in [-0.3, -0.25) is 15.0 Å². The van der Waals surface area contributed by atoms with Crippen LogP contribution in [0.1, 0.15) is 17.2 Å². The van der Waals surface area contributed by atoms with E-state index in [1.807, 2.05) is 60.7 Å². The molecule has 0 atom stereocenters. The molecule has 5 nitrogen and oxygen atoms in total. The number of nitrogens with one attached hydrogen (secondary N) is 2. The second-order valence-electron chi connectivity index (χ2n) is 5.41. The van der Waals surface area contributed by atoms with Crippen LogP contribution in [0, 0.1) is 0 Å². The van der Waals surface area contributed by atoms with Crippen molar-refractivity contribution in [3.05, 3.63) is 71.8 Å². The number of benzene rings is 2. The zero-order chi connectivity index (χ0) is 16.1. The molecule has 0 aliphatic carbocycles. The molecule has 5 heteroatoms. The molecule has 1 saturated heterocycles. The number of carbonyl (C=O) groups is 2. The largest absolute Gasteiger partial charge is 0.336 e. The number of urea groups is 1. The van der Waals surface area contributed by atoms with Crippen LogP contribution in [0.3, 0.4) is 0 Å². The first-order valence-corrected chi connectivity index (χ1v) is 7.67. The number of hydrogen-bond acceptors (Lipinski definition) is 3. The van der Waals surface area contributed by atoms with Gasteiger partial charge in [0.25, 0.3) is 0 Å². The van der Waals surface area contributed by atoms with Gasteiger partial charge < -0.3 is 5.32 Å². The molecule has 2 aromatic carbocycles. The minimum absolute atomic E-state index is 0.0907. The van der Waals surface area contributed by atoms with Crippen LogP contribution in [0.15, 0.2) is 60.7 Å². The van der Waals surface area contributed by atoms with Crippen LogP contribution in [-0.4, -0.2) is 36.5 Å². The maximum Gasteiger partial charge on any atom is 0.324 e. The van der Waals surface area contributed by atoms with Crippen molar-refractivity contribution in [2.75, 3.05) is 19.6 Å². The molecule has 1 aliphatic rings. The molecule has 0 aromatic heterocycles. The van der Waals surface area contributed by atoms with Crippen LogP contribution in [0.4, 0.5) is 4.79 Å². The van der Waals surface area contributed by atoms with Crippen molar-refractivity contribution >= 4 is 11.9 Å². The smallest absolute Gasteiger partial charge is 0.324 e. The standard InChI is InChI=1S/C18H19N3O2/c22-16(21-12-11-19-18(21)23)13-20-17(14-7-3-1-4-8-14)15-9-5-2-6-10-15/h1-10,17,20H,11-13H2,(H,19,23). The second kappa shape index (κ2) is 7.07. The van der Waals surface area contributed by atoms with Gasteiger partial charge in [-0.2, -0.15) is 0 Å². The third kappa shape index (κ3) is 3.57. The SMILES string of the molecule is O=C(CNC(c1ccccc1)c1ccccc1)N1CCNC1=O. The lowest BCUT2D eigenvalue weighted by atomic mass is 9.99. The van der Waals surface area contributed by atoms with Crippen molar-refractivity contribution in [2.45, 2.75) is 6.04 Å². The van der Waals surface area contributed by atoms with Crippen molar-refractivity contribution in [3.63, 3.8) is 0 Å². The van der Waals surface area contributed by atoms with E-state index >= 15 is 0 Å². The summed E-state index contributed by atoms with van der Waals surface area (Å²) in [4.78, 5) is 25.0. The Balaban J connectivity index is 1.74. The average molecular weight is 309 g/mol. The van der Waals surface area contributed by atoms with Gasteiger partial charge in [-0.05, 0) is 11.1 Å². The van der Waals surface area contributed by atoms with Gasteiger partial charge in [0.1, 0.15) is 0 Å². The summed E-state index contributed by atoms with van der Waals surface area (Å²) in [6.07, 6.45) is 0. The highest BCUT2D eigenvalue weighted by atomic mass is 16.2. The Morgan fingerprint density at radius 3 is 2.09 bits per heavy atom. The third-order valence-corrected chi connectivity index (χ3v) is 3.88. The topological polar surface area (TPSA) is 61.4 Å². The number of nitrogens with zero attached hydrogens (tertiary/aromatic N) is 1. The van der Waals surface area contributed by atoms with E-state index in [0.29, 0.717) is 13.1 Å². The lowest BCUT2D eigenvalue weighted by molar-refractivity contribution is -0.126. The van der Waals surface area contributed by atoms with Crippen LogP contribution in [-0.2, 0) is 4.79 Å². The minimum Gasteiger partial charge on any atom is -0.336 e. The molecule has 23 heavy (non-hydrogen) atoms. The Labute approximate surface area is 135 Å². The van der Waals surface area contributed by atoms with Crippen LogP contribution < -0.4 is 10.6 Å². The molecule has 1 aliphatic heterocycles. The highest BCUT2D eigenvalue weighted by Gasteiger charge is 2.26. The molecule has 2 N–H and O–H groups in total. The molecular weight excluding hydrogens is 290 g/mol. The van der Waals surface area contributed by atoms with E-state index in [2.05, 4.69) is 10.6 Å². The fourth-order valence-corrected chi connectivity index (χ4v) is 2.71. The number of hydrogen-bond donors (Lipinski definition) is 2. The van der Waals surface area contributed by atoms with E-state index in [0.717, 1.165) is 11.1 Å². The zero-order valence-electron chi connectivity index (χ0n) is 12.7. The molecule has 1 heterocycles. The summed E-state index contributed by atoms with van der Waals surface area (Å²) in [6, 6.07) is 19.5. The Bertz CT molecular complexity index is 634.